The van der Waals surface area contributed by atoms with E-state index < -0.39 is 0 Å². The van der Waals surface area contributed by atoms with Crippen LogP contribution in [0.15, 0.2) is 23.0 Å². The topological polar surface area (TPSA) is 56.2 Å². The van der Waals surface area contributed by atoms with Gasteiger partial charge in [0.15, 0.2) is 5.78 Å². The lowest BCUT2D eigenvalue weighted by Crippen LogP contribution is -2.10. The zero-order chi connectivity index (χ0) is 11.1. The van der Waals surface area contributed by atoms with Crippen molar-refractivity contribution in [2.45, 2.75) is 32.6 Å². The van der Waals surface area contributed by atoms with Gasteiger partial charge < -0.3 is 10.2 Å². The van der Waals surface area contributed by atoms with E-state index >= 15 is 0 Å². The molecule has 0 aliphatic heterocycles. The summed E-state index contributed by atoms with van der Waals surface area (Å²) in [7, 11) is 0. The number of carbonyl (C=O) groups excluding carboxylic acids is 1. The predicted octanol–water partition coefficient (Wildman–Crippen LogP) is 2.62. The molecule has 0 bridgehead atoms. The molecule has 0 radical (unpaired) electrons. The van der Waals surface area contributed by atoms with Gasteiger partial charge in [0.1, 0.15) is 6.26 Å². The molecule has 2 N–H and O–H groups in total. The Bertz CT molecular complexity index is 280. The molecule has 0 aliphatic carbocycles. The fraction of sp³-hybridized carbons (Fsp3) is 0.583. The van der Waals surface area contributed by atoms with Crippen LogP contribution in [0.25, 0.3) is 0 Å². The van der Waals surface area contributed by atoms with E-state index in [-0.39, 0.29) is 5.78 Å². The smallest absolute Gasteiger partial charge is 0.166 e. The first-order valence-corrected chi connectivity index (χ1v) is 5.53. The number of hydrogen-bond donors (Lipinski definition) is 1. The third kappa shape index (κ3) is 3.88. The maximum absolute atomic E-state index is 11.6. The SMILES string of the molecule is CCC(CCN)CCC(=O)c1ccoc1. The molecule has 0 spiro atoms. The van der Waals surface area contributed by atoms with Crippen molar-refractivity contribution in [1.82, 2.24) is 0 Å². The Morgan fingerprint density at radius 1 is 1.53 bits per heavy atom. The molecule has 3 heteroatoms. The van der Waals surface area contributed by atoms with Gasteiger partial charge in [0, 0.05) is 6.42 Å². The maximum atomic E-state index is 11.6. The van der Waals surface area contributed by atoms with Gasteiger partial charge in [-0.25, -0.2) is 0 Å². The number of ketones is 1. The fourth-order valence-corrected chi connectivity index (χ4v) is 1.69. The number of nitrogens with two attached hydrogens (primary N) is 1. The molecule has 1 aromatic heterocycles. The minimum Gasteiger partial charge on any atom is -0.472 e. The summed E-state index contributed by atoms with van der Waals surface area (Å²) in [4.78, 5) is 11.6. The Kier molecular flexibility index (Phi) is 5.12. The van der Waals surface area contributed by atoms with E-state index in [1.54, 1.807) is 6.07 Å². The van der Waals surface area contributed by atoms with Gasteiger partial charge >= 0.3 is 0 Å². The summed E-state index contributed by atoms with van der Waals surface area (Å²) in [5, 5.41) is 0. The number of carbonyl (C=O) groups is 1. The molecule has 84 valence electrons. The van der Waals surface area contributed by atoms with Crippen molar-refractivity contribution in [3.05, 3.63) is 24.2 Å². The standard InChI is InChI=1S/C12H19NO2/c1-2-10(5-7-13)3-4-12(14)11-6-8-15-9-11/h6,8-10H,2-5,7,13H2,1H3. The Balaban J connectivity index is 2.33. The fourth-order valence-electron chi connectivity index (χ4n) is 1.69. The average molecular weight is 209 g/mol. The summed E-state index contributed by atoms with van der Waals surface area (Å²) < 4.78 is 4.88. The Hall–Kier alpha value is -1.09. The molecule has 1 unspecified atom stereocenters. The first kappa shape index (κ1) is 12.0. The van der Waals surface area contributed by atoms with Crippen LogP contribution in [0.5, 0.6) is 0 Å². The highest BCUT2D eigenvalue weighted by Gasteiger charge is 2.11. The monoisotopic (exact) mass is 209 g/mol. The summed E-state index contributed by atoms with van der Waals surface area (Å²) in [6.45, 7) is 2.85. The number of furan rings is 1. The van der Waals surface area contributed by atoms with Crippen molar-refractivity contribution in [2.24, 2.45) is 11.7 Å². The Morgan fingerprint density at radius 2 is 2.33 bits per heavy atom. The molecule has 1 atom stereocenters. The van der Waals surface area contributed by atoms with Crippen LogP contribution in [-0.2, 0) is 0 Å². The van der Waals surface area contributed by atoms with Crippen molar-refractivity contribution in [2.75, 3.05) is 6.54 Å². The van der Waals surface area contributed by atoms with Gasteiger partial charge in [0.25, 0.3) is 0 Å². The van der Waals surface area contributed by atoms with Crippen LogP contribution in [0.3, 0.4) is 0 Å². The Labute approximate surface area is 90.6 Å². The largest absolute Gasteiger partial charge is 0.472 e. The van der Waals surface area contributed by atoms with E-state index in [4.69, 9.17) is 10.2 Å². The Morgan fingerprint density at radius 3 is 2.87 bits per heavy atom. The minimum atomic E-state index is 0.166. The molecule has 0 fully saturated rings. The van der Waals surface area contributed by atoms with Crippen molar-refractivity contribution < 1.29 is 9.21 Å². The zero-order valence-electron chi connectivity index (χ0n) is 9.24. The third-order valence-corrected chi connectivity index (χ3v) is 2.78. The summed E-state index contributed by atoms with van der Waals surface area (Å²) in [5.41, 5.74) is 6.18. The lowest BCUT2D eigenvalue weighted by Gasteiger charge is -2.12. The van der Waals surface area contributed by atoms with Gasteiger partial charge in [-0.05, 0) is 31.4 Å². The highest BCUT2D eigenvalue weighted by molar-refractivity contribution is 5.95. The van der Waals surface area contributed by atoms with Crippen molar-refractivity contribution in [3.63, 3.8) is 0 Å². The second-order valence-corrected chi connectivity index (χ2v) is 3.83. The molecule has 15 heavy (non-hydrogen) atoms. The average Bonchev–Trinajstić information content (AvgIpc) is 2.77. The van der Waals surface area contributed by atoms with Gasteiger partial charge in [0.2, 0.25) is 0 Å². The van der Waals surface area contributed by atoms with E-state index in [9.17, 15) is 4.79 Å². The number of rotatable bonds is 7. The molecule has 1 rings (SSSR count). The van der Waals surface area contributed by atoms with Gasteiger partial charge in [-0.1, -0.05) is 13.3 Å². The molecule has 0 amide bonds. The summed E-state index contributed by atoms with van der Waals surface area (Å²) >= 11 is 0. The van der Waals surface area contributed by atoms with Crippen molar-refractivity contribution in [3.8, 4) is 0 Å². The van der Waals surface area contributed by atoms with Gasteiger partial charge in [0.05, 0.1) is 11.8 Å². The molecule has 1 aromatic rings. The van der Waals surface area contributed by atoms with Gasteiger partial charge in [-0.15, -0.1) is 0 Å². The van der Waals surface area contributed by atoms with E-state index in [1.807, 2.05) is 0 Å². The lowest BCUT2D eigenvalue weighted by molar-refractivity contribution is 0.0972. The summed E-state index contributed by atoms with van der Waals surface area (Å²) in [6.07, 6.45) is 6.66. The molecule has 0 saturated carbocycles. The van der Waals surface area contributed by atoms with Gasteiger partial charge in [-0.3, -0.25) is 4.79 Å². The molecule has 0 aromatic carbocycles. The van der Waals surface area contributed by atoms with E-state index in [2.05, 4.69) is 6.92 Å². The number of hydrogen-bond acceptors (Lipinski definition) is 3. The third-order valence-electron chi connectivity index (χ3n) is 2.78. The molecular formula is C12H19NO2. The van der Waals surface area contributed by atoms with Crippen LogP contribution >= 0.6 is 0 Å². The predicted molar refractivity (Wildman–Crippen MR) is 59.7 cm³/mol. The molecule has 3 nitrogen and oxygen atoms in total. The maximum Gasteiger partial charge on any atom is 0.166 e. The van der Waals surface area contributed by atoms with Crippen molar-refractivity contribution in [1.29, 1.82) is 0 Å². The second-order valence-electron chi connectivity index (χ2n) is 3.83. The van der Waals surface area contributed by atoms with Gasteiger partial charge in [-0.2, -0.15) is 0 Å². The molecule has 0 saturated heterocycles. The van der Waals surface area contributed by atoms with Crippen LogP contribution in [-0.4, -0.2) is 12.3 Å². The van der Waals surface area contributed by atoms with Crippen LogP contribution in [0, 0.1) is 5.92 Å². The number of Topliss-reactive ketones (excluding diaryl/α,β-unsaturated/α-hetero) is 1. The van der Waals surface area contributed by atoms with Crippen LogP contribution < -0.4 is 5.73 Å². The highest BCUT2D eigenvalue weighted by atomic mass is 16.3. The highest BCUT2D eigenvalue weighted by Crippen LogP contribution is 2.16. The first-order chi connectivity index (χ1) is 7.27. The van der Waals surface area contributed by atoms with Crippen LogP contribution in [0.1, 0.15) is 43.0 Å². The second kappa shape index (κ2) is 6.40. The molecule has 0 aliphatic rings. The molecule has 1 heterocycles. The van der Waals surface area contributed by atoms with E-state index in [0.29, 0.717) is 24.4 Å². The summed E-state index contributed by atoms with van der Waals surface area (Å²) in [5.74, 6) is 0.741. The zero-order valence-corrected chi connectivity index (χ0v) is 9.24. The van der Waals surface area contributed by atoms with Crippen LogP contribution in [0.2, 0.25) is 0 Å². The first-order valence-electron chi connectivity index (χ1n) is 5.53. The summed E-state index contributed by atoms with van der Waals surface area (Å²) in [6, 6.07) is 1.71. The van der Waals surface area contributed by atoms with Crippen molar-refractivity contribution >= 4 is 5.78 Å². The van der Waals surface area contributed by atoms with E-state index in [0.717, 1.165) is 19.3 Å². The minimum absolute atomic E-state index is 0.166. The van der Waals surface area contributed by atoms with Crippen LogP contribution in [0.4, 0.5) is 0 Å². The lowest BCUT2D eigenvalue weighted by atomic mass is 9.94. The quantitative estimate of drug-likeness (QED) is 0.702. The normalized spacial score (nSPS) is 12.7. The molecular weight excluding hydrogens is 190 g/mol. The van der Waals surface area contributed by atoms with E-state index in [1.165, 1.54) is 12.5 Å².